The van der Waals surface area contributed by atoms with Crippen LogP contribution in [0, 0.1) is 11.6 Å². The first-order valence-electron chi connectivity index (χ1n) is 7.26. The molecule has 0 aliphatic carbocycles. The molecule has 0 fully saturated rings. The number of aliphatic carboxylic acids is 1. The van der Waals surface area contributed by atoms with Gasteiger partial charge in [0.1, 0.15) is 5.01 Å². The van der Waals surface area contributed by atoms with Crippen LogP contribution in [0.25, 0.3) is 21.9 Å². The van der Waals surface area contributed by atoms with Gasteiger partial charge in [-0.2, -0.15) is 0 Å². The molecule has 1 heterocycles. The van der Waals surface area contributed by atoms with Crippen LogP contribution >= 0.6 is 11.3 Å². The number of fused-ring (bicyclic) bond motifs is 1. The highest BCUT2D eigenvalue weighted by Gasteiger charge is 2.11. The molecule has 0 amide bonds. The summed E-state index contributed by atoms with van der Waals surface area (Å²) in [6, 6.07) is 11.2. The molecule has 0 spiro atoms. The van der Waals surface area contributed by atoms with Gasteiger partial charge in [0.05, 0.1) is 10.2 Å². The third-order valence-corrected chi connectivity index (χ3v) is 4.57. The first-order valence-corrected chi connectivity index (χ1v) is 8.08. The summed E-state index contributed by atoms with van der Waals surface area (Å²) in [5.74, 6) is -2.78. The van der Waals surface area contributed by atoms with Crippen LogP contribution in [0.5, 0.6) is 0 Å². The van der Waals surface area contributed by atoms with Gasteiger partial charge in [0, 0.05) is 6.42 Å². The van der Waals surface area contributed by atoms with Crippen molar-refractivity contribution in [2.24, 2.45) is 0 Å². The van der Waals surface area contributed by atoms with Crippen LogP contribution in [0.4, 0.5) is 8.78 Å². The molecular formula is C18H13F2NO2S. The Morgan fingerprint density at radius 1 is 1.12 bits per heavy atom. The molecule has 1 aromatic heterocycles. The van der Waals surface area contributed by atoms with Crippen LogP contribution in [0.15, 0.2) is 42.5 Å². The SMILES string of the molecule is O=C(O)CC/C(=C/c1ccc(F)c(F)c1)c1nc2ccccc2s1. The Hall–Kier alpha value is -2.60. The van der Waals surface area contributed by atoms with Crippen molar-refractivity contribution >= 4 is 39.2 Å². The maximum absolute atomic E-state index is 13.4. The topological polar surface area (TPSA) is 50.2 Å². The number of nitrogens with zero attached hydrogens (tertiary/aromatic N) is 1. The van der Waals surface area contributed by atoms with Crippen molar-refractivity contribution in [2.75, 3.05) is 0 Å². The number of carbonyl (C=O) groups is 1. The van der Waals surface area contributed by atoms with Crippen LogP contribution in [-0.2, 0) is 4.79 Å². The number of benzene rings is 2. The predicted molar refractivity (Wildman–Crippen MR) is 90.7 cm³/mol. The lowest BCUT2D eigenvalue weighted by Crippen LogP contribution is -1.95. The molecule has 0 atom stereocenters. The molecule has 6 heteroatoms. The quantitative estimate of drug-likeness (QED) is 0.709. The predicted octanol–water partition coefficient (Wildman–Crippen LogP) is 4.98. The second-order valence-corrected chi connectivity index (χ2v) is 6.25. The number of carboxylic acids is 1. The van der Waals surface area contributed by atoms with Crippen molar-refractivity contribution in [3.05, 3.63) is 64.7 Å². The molecule has 0 unspecified atom stereocenters. The fourth-order valence-electron chi connectivity index (χ4n) is 2.30. The van der Waals surface area contributed by atoms with Gasteiger partial charge in [-0.3, -0.25) is 4.79 Å². The van der Waals surface area contributed by atoms with Crippen LogP contribution in [0.1, 0.15) is 23.4 Å². The largest absolute Gasteiger partial charge is 0.481 e. The van der Waals surface area contributed by atoms with E-state index < -0.39 is 17.6 Å². The van der Waals surface area contributed by atoms with Gasteiger partial charge in [-0.25, -0.2) is 13.8 Å². The van der Waals surface area contributed by atoms with Crippen LogP contribution in [-0.4, -0.2) is 16.1 Å². The fourth-order valence-corrected chi connectivity index (χ4v) is 3.30. The van der Waals surface area contributed by atoms with Gasteiger partial charge in [0.2, 0.25) is 0 Å². The van der Waals surface area contributed by atoms with Gasteiger partial charge >= 0.3 is 5.97 Å². The summed E-state index contributed by atoms with van der Waals surface area (Å²) in [4.78, 5) is 15.4. The van der Waals surface area contributed by atoms with E-state index in [4.69, 9.17) is 5.11 Å². The number of carboxylic acid groups (broad SMARTS) is 1. The molecule has 2 aromatic carbocycles. The molecule has 0 saturated heterocycles. The van der Waals surface area contributed by atoms with E-state index in [1.54, 1.807) is 6.08 Å². The molecule has 3 rings (SSSR count). The maximum atomic E-state index is 13.4. The highest BCUT2D eigenvalue weighted by atomic mass is 32.1. The maximum Gasteiger partial charge on any atom is 0.303 e. The zero-order valence-corrected chi connectivity index (χ0v) is 13.3. The smallest absolute Gasteiger partial charge is 0.303 e. The monoisotopic (exact) mass is 345 g/mol. The first kappa shape index (κ1) is 16.3. The lowest BCUT2D eigenvalue weighted by atomic mass is 10.1. The normalized spacial score (nSPS) is 11.8. The van der Waals surface area contributed by atoms with Crippen molar-refractivity contribution in [1.82, 2.24) is 4.98 Å². The second-order valence-electron chi connectivity index (χ2n) is 5.22. The Morgan fingerprint density at radius 3 is 2.62 bits per heavy atom. The number of thiazole rings is 1. The van der Waals surface area contributed by atoms with Crippen molar-refractivity contribution in [1.29, 1.82) is 0 Å². The molecule has 1 N–H and O–H groups in total. The Kier molecular flexibility index (Phi) is 4.66. The standard InChI is InChI=1S/C18H13F2NO2S/c19-13-7-5-11(10-14(13)20)9-12(6-8-17(22)23)18-21-15-3-1-2-4-16(15)24-18/h1-5,7,9-10H,6,8H2,(H,22,23)/b12-9-. The minimum absolute atomic E-state index is 0.0641. The molecule has 3 aromatic rings. The number of rotatable bonds is 5. The molecule has 0 aliphatic rings. The minimum Gasteiger partial charge on any atom is -0.481 e. The van der Waals surface area contributed by atoms with Gasteiger partial charge < -0.3 is 5.11 Å². The highest BCUT2D eigenvalue weighted by Crippen LogP contribution is 2.31. The van der Waals surface area contributed by atoms with Crippen LogP contribution in [0.3, 0.4) is 0 Å². The fraction of sp³-hybridized carbons (Fsp3) is 0.111. The molecule has 0 saturated carbocycles. The van der Waals surface area contributed by atoms with E-state index in [2.05, 4.69) is 4.98 Å². The van der Waals surface area contributed by atoms with Gasteiger partial charge in [-0.15, -0.1) is 11.3 Å². The molecule has 122 valence electrons. The molecule has 0 aliphatic heterocycles. The van der Waals surface area contributed by atoms with E-state index in [9.17, 15) is 13.6 Å². The number of hydrogen-bond acceptors (Lipinski definition) is 3. The molecule has 0 bridgehead atoms. The number of aromatic nitrogens is 1. The van der Waals surface area contributed by atoms with E-state index in [1.165, 1.54) is 17.4 Å². The molecule has 3 nitrogen and oxygen atoms in total. The van der Waals surface area contributed by atoms with E-state index in [0.717, 1.165) is 22.3 Å². The minimum atomic E-state index is -0.939. The number of para-hydroxylation sites is 1. The van der Waals surface area contributed by atoms with Gasteiger partial charge in [-0.05, 0) is 47.9 Å². The Morgan fingerprint density at radius 2 is 1.92 bits per heavy atom. The number of hydrogen-bond donors (Lipinski definition) is 1. The van der Waals surface area contributed by atoms with Crippen molar-refractivity contribution in [2.45, 2.75) is 12.8 Å². The lowest BCUT2D eigenvalue weighted by molar-refractivity contribution is -0.136. The van der Waals surface area contributed by atoms with Gasteiger partial charge in [-0.1, -0.05) is 18.2 Å². The van der Waals surface area contributed by atoms with E-state index in [0.29, 0.717) is 16.1 Å². The third kappa shape index (κ3) is 3.65. The molecule has 24 heavy (non-hydrogen) atoms. The van der Waals surface area contributed by atoms with E-state index in [1.807, 2.05) is 24.3 Å². The zero-order valence-electron chi connectivity index (χ0n) is 12.5. The van der Waals surface area contributed by atoms with Crippen LogP contribution < -0.4 is 0 Å². The average Bonchev–Trinajstić information content (AvgIpc) is 2.98. The lowest BCUT2D eigenvalue weighted by Gasteiger charge is -2.04. The summed E-state index contributed by atoms with van der Waals surface area (Å²) >= 11 is 1.44. The summed E-state index contributed by atoms with van der Waals surface area (Å²) in [6.07, 6.45) is 1.85. The third-order valence-electron chi connectivity index (χ3n) is 3.46. The molecular weight excluding hydrogens is 332 g/mol. The first-order chi connectivity index (χ1) is 11.5. The van der Waals surface area contributed by atoms with Crippen molar-refractivity contribution in [3.63, 3.8) is 0 Å². The summed E-state index contributed by atoms with van der Waals surface area (Å²) in [6.45, 7) is 0. The van der Waals surface area contributed by atoms with Crippen LogP contribution in [0.2, 0.25) is 0 Å². The van der Waals surface area contributed by atoms with Crippen molar-refractivity contribution < 1.29 is 18.7 Å². The summed E-state index contributed by atoms with van der Waals surface area (Å²) < 4.78 is 27.5. The average molecular weight is 345 g/mol. The summed E-state index contributed by atoms with van der Waals surface area (Å²) in [5.41, 5.74) is 1.97. The number of allylic oxidation sites excluding steroid dienone is 1. The highest BCUT2D eigenvalue weighted by molar-refractivity contribution is 7.19. The Labute approximate surface area is 140 Å². The Bertz CT molecular complexity index is 901. The Balaban J connectivity index is 2.02. The van der Waals surface area contributed by atoms with E-state index >= 15 is 0 Å². The number of halogens is 2. The molecule has 0 radical (unpaired) electrons. The van der Waals surface area contributed by atoms with E-state index in [-0.39, 0.29) is 12.8 Å². The zero-order chi connectivity index (χ0) is 17.1. The van der Waals surface area contributed by atoms with Gasteiger partial charge in [0.25, 0.3) is 0 Å². The summed E-state index contributed by atoms with van der Waals surface area (Å²) in [7, 11) is 0. The van der Waals surface area contributed by atoms with Gasteiger partial charge in [0.15, 0.2) is 11.6 Å². The van der Waals surface area contributed by atoms with Crippen molar-refractivity contribution in [3.8, 4) is 0 Å². The summed E-state index contributed by atoms with van der Waals surface area (Å²) in [5, 5.41) is 9.62. The second kappa shape index (κ2) is 6.88.